The van der Waals surface area contributed by atoms with Crippen LogP contribution in [0.1, 0.15) is 81.3 Å². The number of carbonyl (C=O) groups is 1. The molecular weight excluding hydrogens is 512 g/mol. The van der Waals surface area contributed by atoms with Crippen molar-refractivity contribution in [3.05, 3.63) is 64.7 Å². The van der Waals surface area contributed by atoms with Crippen LogP contribution in [0.2, 0.25) is 5.02 Å². The molecule has 0 atom stereocenters. The average Bonchev–Trinajstić information content (AvgIpc) is 2.96. The van der Waals surface area contributed by atoms with Crippen molar-refractivity contribution in [1.29, 1.82) is 0 Å². The van der Waals surface area contributed by atoms with Crippen LogP contribution in [-0.4, -0.2) is 61.5 Å². The highest BCUT2D eigenvalue weighted by molar-refractivity contribution is 7.99. The maximum atomic E-state index is 12.3. The number of hydrogen-bond donors (Lipinski definition) is 0. The Bertz CT molecular complexity index is 1230. The summed E-state index contributed by atoms with van der Waals surface area (Å²) in [5, 5.41) is 0.716. The zero-order valence-electron chi connectivity index (χ0n) is 26.5. The number of benzene rings is 2. The molecule has 4 nitrogen and oxygen atoms in total. The molecule has 0 amide bonds. The van der Waals surface area contributed by atoms with Crippen LogP contribution in [0.5, 0.6) is 0 Å². The highest BCUT2D eigenvalue weighted by atomic mass is 35.5. The molecule has 1 saturated heterocycles. The molecule has 0 aromatic heterocycles. The Hall–Kier alpha value is -1.79. The number of fused-ring (bicyclic) bond motifs is 2. The van der Waals surface area contributed by atoms with Gasteiger partial charge in [-0.1, -0.05) is 93.1 Å². The van der Waals surface area contributed by atoms with Gasteiger partial charge in [0.1, 0.15) is 6.56 Å². The van der Waals surface area contributed by atoms with E-state index >= 15 is 0 Å². The summed E-state index contributed by atoms with van der Waals surface area (Å²) in [6, 6.07) is 14.4. The van der Waals surface area contributed by atoms with E-state index in [1.165, 1.54) is 45.1 Å². The minimum Gasteiger partial charge on any atom is -0.464 e. The van der Waals surface area contributed by atoms with Crippen LogP contribution < -0.4 is 0 Å². The Labute approximate surface area is 244 Å². The molecule has 2 aliphatic rings. The number of hydrogen-bond acceptors (Lipinski definition) is 5. The Morgan fingerprint density at radius 3 is 2.50 bits per heavy atom. The molecule has 2 heterocycles. The maximum Gasteiger partial charge on any atom is 0.305 e. The Morgan fingerprint density at radius 2 is 1.68 bits per heavy atom. The van der Waals surface area contributed by atoms with Crippen molar-refractivity contribution in [3.63, 3.8) is 0 Å². The second kappa shape index (κ2) is 15.7. The lowest BCUT2D eigenvalue weighted by molar-refractivity contribution is -0.144. The first-order valence-corrected chi connectivity index (χ1v) is 15.3. The monoisotopic (exact) mass is 558 g/mol. The van der Waals surface area contributed by atoms with E-state index < -0.39 is 19.0 Å². The minimum atomic E-state index is -2.72. The average molecular weight is 559 g/mol. The highest BCUT2D eigenvalue weighted by Gasteiger charge is 2.21. The number of unbranched alkanes of at least 4 members (excludes halogenated alkanes) is 6. The number of piperazine rings is 1. The quantitative estimate of drug-likeness (QED) is 0.148. The van der Waals surface area contributed by atoms with Gasteiger partial charge in [-0.15, -0.1) is 0 Å². The molecule has 206 valence electrons. The van der Waals surface area contributed by atoms with Gasteiger partial charge in [0, 0.05) is 63.2 Å². The van der Waals surface area contributed by atoms with Gasteiger partial charge in [0.25, 0.3) is 0 Å². The normalized spacial score (nSPS) is 19.2. The van der Waals surface area contributed by atoms with Gasteiger partial charge < -0.3 is 9.64 Å². The molecule has 2 aromatic carbocycles. The smallest absolute Gasteiger partial charge is 0.305 e. The van der Waals surface area contributed by atoms with Crippen molar-refractivity contribution in [3.8, 4) is 0 Å². The van der Waals surface area contributed by atoms with Crippen molar-refractivity contribution in [2.24, 2.45) is 0 Å². The van der Waals surface area contributed by atoms with Crippen LogP contribution in [-0.2, 0) is 9.53 Å². The predicted molar refractivity (Wildman–Crippen MR) is 160 cm³/mol. The van der Waals surface area contributed by atoms with Crippen molar-refractivity contribution < 1.29 is 15.0 Å². The van der Waals surface area contributed by atoms with Crippen molar-refractivity contribution >= 4 is 34.9 Å². The second-order valence-electron chi connectivity index (χ2n) is 10.0. The third kappa shape index (κ3) is 8.87. The van der Waals surface area contributed by atoms with Crippen molar-refractivity contribution in [1.82, 2.24) is 9.80 Å². The summed E-state index contributed by atoms with van der Waals surface area (Å²) in [6.07, 6.45) is 10.6. The molecule has 4 rings (SSSR count). The SMILES string of the molecule is [2H]C([2H])(OC(=O)CCCCCCCCC)C([2H])([2H])N1CCN(CC/C=C2/c3ccccc3Sc3ccc(Cl)cc32)CC1. The van der Waals surface area contributed by atoms with Crippen LogP contribution in [0.3, 0.4) is 0 Å². The van der Waals surface area contributed by atoms with E-state index in [4.69, 9.17) is 21.8 Å². The summed E-state index contributed by atoms with van der Waals surface area (Å²) in [4.78, 5) is 18.5. The predicted octanol–water partition coefficient (Wildman–Crippen LogP) is 7.93. The van der Waals surface area contributed by atoms with Gasteiger partial charge in [-0.3, -0.25) is 9.69 Å². The lowest BCUT2D eigenvalue weighted by Crippen LogP contribution is -2.47. The number of nitrogens with zero attached hydrogens (tertiary/aromatic N) is 2. The topological polar surface area (TPSA) is 32.8 Å². The lowest BCUT2D eigenvalue weighted by atomic mass is 9.96. The van der Waals surface area contributed by atoms with Gasteiger partial charge in [-0.25, -0.2) is 0 Å². The Morgan fingerprint density at radius 1 is 0.974 bits per heavy atom. The van der Waals surface area contributed by atoms with Crippen LogP contribution in [0.15, 0.2) is 58.3 Å². The fourth-order valence-electron chi connectivity index (χ4n) is 4.96. The minimum absolute atomic E-state index is 0.118. The van der Waals surface area contributed by atoms with Crippen LogP contribution in [0.4, 0.5) is 0 Å². The number of esters is 1. The third-order valence-electron chi connectivity index (χ3n) is 7.15. The van der Waals surface area contributed by atoms with Crippen LogP contribution in [0.25, 0.3) is 5.57 Å². The van der Waals surface area contributed by atoms with E-state index in [0.29, 0.717) is 37.6 Å². The van der Waals surface area contributed by atoms with Gasteiger partial charge in [0.2, 0.25) is 0 Å². The number of ether oxygens (including phenoxy) is 1. The maximum absolute atomic E-state index is 12.3. The van der Waals surface area contributed by atoms with E-state index in [1.807, 2.05) is 12.1 Å². The molecule has 0 bridgehead atoms. The molecule has 38 heavy (non-hydrogen) atoms. The molecule has 0 spiro atoms. The first-order chi connectivity index (χ1) is 20.1. The number of rotatable bonds is 14. The zero-order chi connectivity index (χ0) is 30.2. The van der Waals surface area contributed by atoms with Gasteiger partial charge in [0.15, 0.2) is 0 Å². The van der Waals surface area contributed by atoms with Crippen LogP contribution >= 0.6 is 23.4 Å². The molecule has 0 aliphatic carbocycles. The first kappa shape index (κ1) is 24.0. The third-order valence-corrected chi connectivity index (χ3v) is 8.54. The van der Waals surface area contributed by atoms with Gasteiger partial charge in [-0.05, 0) is 53.8 Å². The highest BCUT2D eigenvalue weighted by Crippen LogP contribution is 2.46. The van der Waals surface area contributed by atoms with Gasteiger partial charge >= 0.3 is 5.97 Å². The van der Waals surface area contributed by atoms with Crippen molar-refractivity contribution in [2.75, 3.05) is 45.8 Å². The fraction of sp³-hybridized carbons (Fsp3) is 0.531. The summed E-state index contributed by atoms with van der Waals surface area (Å²) in [5.41, 5.74) is 3.54. The van der Waals surface area contributed by atoms with Gasteiger partial charge in [0.05, 0.1) is 2.74 Å². The molecule has 0 N–H and O–H groups in total. The largest absolute Gasteiger partial charge is 0.464 e. The van der Waals surface area contributed by atoms with Gasteiger partial charge in [-0.2, -0.15) is 0 Å². The molecule has 1 fully saturated rings. The van der Waals surface area contributed by atoms with E-state index in [9.17, 15) is 4.79 Å². The summed E-state index contributed by atoms with van der Waals surface area (Å²) in [5.74, 6) is -0.672. The molecule has 0 unspecified atom stereocenters. The van der Waals surface area contributed by atoms with Crippen molar-refractivity contribution in [2.45, 2.75) is 74.5 Å². The molecule has 6 heteroatoms. The molecule has 2 aromatic rings. The standard InChI is InChI=1S/C32H43ClN2O2S/c1-2-3-4-5-6-7-8-15-32(36)37-24-23-35-21-19-34(20-22-35)18-11-13-27-28-12-9-10-14-30(28)38-31-17-16-26(33)25-29(27)31/h9-10,12-14,16-17,25H,2-8,11,15,18-24H2,1H3/b27-13-/i23D2,24D2. The van der Waals surface area contributed by atoms with E-state index in [-0.39, 0.29) is 6.42 Å². The fourth-order valence-corrected chi connectivity index (χ4v) is 6.22. The van der Waals surface area contributed by atoms with E-state index in [1.54, 1.807) is 11.8 Å². The van der Waals surface area contributed by atoms with Crippen LogP contribution in [0, 0.1) is 0 Å². The number of carbonyl (C=O) groups excluding carboxylic acids is 1. The molecule has 0 saturated carbocycles. The second-order valence-corrected chi connectivity index (χ2v) is 11.6. The lowest BCUT2D eigenvalue weighted by Gasteiger charge is -2.34. The summed E-state index contributed by atoms with van der Waals surface area (Å²) < 4.78 is 38.6. The summed E-state index contributed by atoms with van der Waals surface area (Å²) >= 11 is 8.11. The zero-order valence-corrected chi connectivity index (χ0v) is 24.1. The van der Waals surface area contributed by atoms with E-state index in [2.05, 4.69) is 48.2 Å². The molecule has 0 radical (unpaired) electrons. The molecule has 2 aliphatic heterocycles. The molecular formula is C32H43ClN2O2S. The summed E-state index contributed by atoms with van der Waals surface area (Å²) in [7, 11) is 0. The summed E-state index contributed by atoms with van der Waals surface area (Å²) in [6.45, 7) is -0.214. The van der Waals surface area contributed by atoms with E-state index in [0.717, 1.165) is 37.8 Å². The Kier molecular flexibility index (Phi) is 9.94. The first-order valence-electron chi connectivity index (χ1n) is 16.1. The Balaban J connectivity index is 1.26. The number of halogens is 1.